The predicted molar refractivity (Wildman–Crippen MR) is 89.2 cm³/mol. The summed E-state index contributed by atoms with van der Waals surface area (Å²) in [4.78, 5) is 40.5. The third-order valence-electron chi connectivity index (χ3n) is 5.06. The maximum Gasteiger partial charge on any atom is 0.325 e. The van der Waals surface area contributed by atoms with Crippen molar-refractivity contribution in [1.82, 2.24) is 15.1 Å². The number of hydrogen-bond acceptors (Lipinski definition) is 3. The van der Waals surface area contributed by atoms with E-state index in [-0.39, 0.29) is 18.4 Å². The van der Waals surface area contributed by atoms with E-state index >= 15 is 0 Å². The Kier molecular flexibility index (Phi) is 4.30. The van der Waals surface area contributed by atoms with Gasteiger partial charge in [0.2, 0.25) is 5.91 Å². The highest BCUT2D eigenvalue weighted by molar-refractivity contribution is 6.09. The number of benzene rings is 1. The molecule has 1 fully saturated rings. The molecule has 6 nitrogen and oxygen atoms in total. The lowest BCUT2D eigenvalue weighted by Crippen LogP contribution is -2.47. The molecule has 24 heavy (non-hydrogen) atoms. The molecule has 0 bridgehead atoms. The van der Waals surface area contributed by atoms with E-state index in [0.717, 1.165) is 28.9 Å². The Balaban J connectivity index is 1.89. The monoisotopic (exact) mass is 329 g/mol. The number of nitrogens with one attached hydrogen (secondary N) is 1. The molecule has 0 radical (unpaired) electrons. The highest BCUT2D eigenvalue weighted by atomic mass is 16.2. The summed E-state index contributed by atoms with van der Waals surface area (Å²) < 4.78 is 0. The second-order valence-electron chi connectivity index (χ2n) is 6.30. The number of amides is 4. The van der Waals surface area contributed by atoms with Crippen LogP contribution in [0.3, 0.4) is 0 Å². The molecule has 6 heteroatoms. The lowest BCUT2D eigenvalue weighted by atomic mass is 9.76. The van der Waals surface area contributed by atoms with Crippen LogP contribution in [-0.4, -0.2) is 47.3 Å². The molecule has 1 saturated heterocycles. The zero-order chi connectivity index (χ0) is 17.3. The molecule has 1 spiro atoms. The maximum absolute atomic E-state index is 13.1. The fourth-order valence-electron chi connectivity index (χ4n) is 3.77. The predicted octanol–water partition coefficient (Wildman–Crippen LogP) is 1.64. The highest BCUT2D eigenvalue weighted by Gasteiger charge is 2.54. The molecule has 1 heterocycles. The summed E-state index contributed by atoms with van der Waals surface area (Å²) in [6.07, 6.45) is 2.31. The SMILES string of the molecule is CCN(CC)C(=O)CN1C(=O)N[C@@]2(CCCc3ccccc32)C1=O. The van der Waals surface area contributed by atoms with E-state index in [0.29, 0.717) is 19.5 Å². The second-order valence-corrected chi connectivity index (χ2v) is 6.30. The topological polar surface area (TPSA) is 69.7 Å². The summed E-state index contributed by atoms with van der Waals surface area (Å²) in [6, 6.07) is 7.26. The molecule has 1 aliphatic heterocycles. The molecule has 2 aliphatic rings. The molecule has 0 unspecified atom stereocenters. The lowest BCUT2D eigenvalue weighted by Gasteiger charge is -2.33. The van der Waals surface area contributed by atoms with Crippen molar-refractivity contribution in [3.8, 4) is 0 Å². The third kappa shape index (κ3) is 2.46. The second kappa shape index (κ2) is 6.26. The van der Waals surface area contributed by atoms with Crippen molar-refractivity contribution in [3.05, 3.63) is 35.4 Å². The van der Waals surface area contributed by atoms with Gasteiger partial charge in [-0.25, -0.2) is 4.79 Å². The van der Waals surface area contributed by atoms with Gasteiger partial charge >= 0.3 is 6.03 Å². The van der Waals surface area contributed by atoms with Crippen LogP contribution in [0.1, 0.15) is 37.8 Å². The van der Waals surface area contributed by atoms with Gasteiger partial charge < -0.3 is 10.2 Å². The van der Waals surface area contributed by atoms with Crippen molar-refractivity contribution < 1.29 is 14.4 Å². The molecule has 0 saturated carbocycles. The molecule has 3 rings (SSSR count). The van der Waals surface area contributed by atoms with E-state index in [1.165, 1.54) is 0 Å². The average Bonchev–Trinajstić information content (AvgIpc) is 2.81. The Morgan fingerprint density at radius 2 is 1.96 bits per heavy atom. The van der Waals surface area contributed by atoms with Gasteiger partial charge in [0.1, 0.15) is 12.1 Å². The number of nitrogens with zero attached hydrogens (tertiary/aromatic N) is 2. The van der Waals surface area contributed by atoms with Crippen molar-refractivity contribution in [2.24, 2.45) is 0 Å². The number of fused-ring (bicyclic) bond motifs is 2. The van der Waals surface area contributed by atoms with Gasteiger partial charge in [-0.15, -0.1) is 0 Å². The summed E-state index contributed by atoms with van der Waals surface area (Å²) in [5.41, 5.74) is 0.955. The van der Waals surface area contributed by atoms with Crippen LogP contribution in [0.5, 0.6) is 0 Å². The van der Waals surface area contributed by atoms with Crippen LogP contribution < -0.4 is 5.32 Å². The minimum absolute atomic E-state index is 0.198. The van der Waals surface area contributed by atoms with Gasteiger partial charge in [0.15, 0.2) is 0 Å². The van der Waals surface area contributed by atoms with Gasteiger partial charge in [-0.1, -0.05) is 24.3 Å². The van der Waals surface area contributed by atoms with Crippen molar-refractivity contribution in [2.75, 3.05) is 19.6 Å². The molecule has 128 valence electrons. The number of imide groups is 1. The Bertz CT molecular complexity index is 684. The number of hydrogen-bond donors (Lipinski definition) is 1. The summed E-state index contributed by atoms with van der Waals surface area (Å²) in [5, 5.41) is 2.87. The molecule has 1 aromatic carbocycles. The molecular weight excluding hydrogens is 306 g/mol. The van der Waals surface area contributed by atoms with E-state index in [1.807, 2.05) is 38.1 Å². The zero-order valence-electron chi connectivity index (χ0n) is 14.2. The van der Waals surface area contributed by atoms with Crippen LogP contribution in [-0.2, 0) is 21.5 Å². The summed E-state index contributed by atoms with van der Waals surface area (Å²) >= 11 is 0. The third-order valence-corrected chi connectivity index (χ3v) is 5.06. The van der Waals surface area contributed by atoms with E-state index in [1.54, 1.807) is 4.90 Å². The van der Waals surface area contributed by atoms with E-state index < -0.39 is 11.6 Å². The summed E-state index contributed by atoms with van der Waals surface area (Å²) in [7, 11) is 0. The van der Waals surface area contributed by atoms with Gasteiger partial charge in [0, 0.05) is 13.1 Å². The van der Waals surface area contributed by atoms with Gasteiger partial charge in [0.05, 0.1) is 0 Å². The normalized spacial score (nSPS) is 22.5. The van der Waals surface area contributed by atoms with Crippen LogP contribution in [0, 0.1) is 0 Å². The van der Waals surface area contributed by atoms with Gasteiger partial charge in [0.25, 0.3) is 5.91 Å². The number of rotatable bonds is 4. The van der Waals surface area contributed by atoms with Gasteiger partial charge in [-0.2, -0.15) is 0 Å². The Morgan fingerprint density at radius 1 is 1.25 bits per heavy atom. The van der Waals surface area contributed by atoms with Crippen molar-refractivity contribution >= 4 is 17.8 Å². The van der Waals surface area contributed by atoms with Gasteiger partial charge in [-0.05, 0) is 44.2 Å². The van der Waals surface area contributed by atoms with Crippen LogP contribution in [0.15, 0.2) is 24.3 Å². The van der Waals surface area contributed by atoms with Crippen LogP contribution >= 0.6 is 0 Å². The fourth-order valence-corrected chi connectivity index (χ4v) is 3.77. The first-order valence-corrected chi connectivity index (χ1v) is 8.53. The first-order chi connectivity index (χ1) is 11.5. The van der Waals surface area contributed by atoms with E-state index in [9.17, 15) is 14.4 Å². The Morgan fingerprint density at radius 3 is 2.67 bits per heavy atom. The molecule has 0 aromatic heterocycles. The lowest BCUT2D eigenvalue weighted by molar-refractivity contribution is -0.139. The number of likely N-dealkylation sites (N-methyl/N-ethyl adjacent to an activating group) is 1. The zero-order valence-corrected chi connectivity index (χ0v) is 14.2. The molecule has 1 aromatic rings. The average molecular weight is 329 g/mol. The number of urea groups is 1. The standard InChI is InChI=1S/C18H23N3O3/c1-3-20(4-2)15(22)12-21-16(23)18(19-17(21)24)11-7-9-13-8-5-6-10-14(13)18/h5-6,8,10H,3-4,7,9,11-12H2,1-2H3,(H,19,24)/t18-/m1/s1. The molecule has 1 N–H and O–H groups in total. The number of aryl methyl sites for hydroxylation is 1. The highest BCUT2D eigenvalue weighted by Crippen LogP contribution is 2.39. The summed E-state index contributed by atoms with van der Waals surface area (Å²) in [5.74, 6) is -0.509. The van der Waals surface area contributed by atoms with Gasteiger partial charge in [-0.3, -0.25) is 14.5 Å². The molecule has 1 aliphatic carbocycles. The quantitative estimate of drug-likeness (QED) is 0.854. The largest absolute Gasteiger partial charge is 0.342 e. The van der Waals surface area contributed by atoms with Crippen molar-refractivity contribution in [1.29, 1.82) is 0 Å². The van der Waals surface area contributed by atoms with E-state index in [4.69, 9.17) is 0 Å². The fraction of sp³-hybridized carbons (Fsp3) is 0.500. The minimum Gasteiger partial charge on any atom is -0.342 e. The minimum atomic E-state index is -1.00. The first kappa shape index (κ1) is 16.5. The molecule has 1 atom stereocenters. The summed E-state index contributed by atoms with van der Waals surface area (Å²) in [6.45, 7) is 4.69. The molecule has 4 amide bonds. The Labute approximate surface area is 141 Å². The van der Waals surface area contributed by atoms with Crippen molar-refractivity contribution in [3.63, 3.8) is 0 Å². The van der Waals surface area contributed by atoms with Crippen molar-refractivity contribution in [2.45, 2.75) is 38.6 Å². The Hall–Kier alpha value is -2.37. The van der Waals surface area contributed by atoms with Crippen LogP contribution in [0.4, 0.5) is 4.79 Å². The van der Waals surface area contributed by atoms with E-state index in [2.05, 4.69) is 5.32 Å². The maximum atomic E-state index is 13.1. The van der Waals surface area contributed by atoms with Crippen LogP contribution in [0.2, 0.25) is 0 Å². The smallest absolute Gasteiger partial charge is 0.325 e. The number of carbonyl (C=O) groups excluding carboxylic acids is 3. The first-order valence-electron chi connectivity index (χ1n) is 8.53. The number of carbonyl (C=O) groups is 3. The molecular formula is C18H23N3O3. The van der Waals surface area contributed by atoms with Crippen LogP contribution in [0.25, 0.3) is 0 Å².